The van der Waals surface area contributed by atoms with Gasteiger partial charge in [0.15, 0.2) is 5.69 Å². The largest absolute Gasteiger partial charge is 0.395 e. The zero-order valence-electron chi connectivity index (χ0n) is 9.05. The van der Waals surface area contributed by atoms with Crippen molar-refractivity contribution < 1.29 is 4.79 Å². The van der Waals surface area contributed by atoms with Crippen LogP contribution in [0.2, 0.25) is 0 Å². The number of hydrogen-bond donors (Lipinski definition) is 3. The van der Waals surface area contributed by atoms with Crippen LogP contribution in [0.15, 0.2) is 0 Å². The zero-order valence-corrected chi connectivity index (χ0v) is 9.05. The normalized spacial score (nSPS) is 18.3. The van der Waals surface area contributed by atoms with Gasteiger partial charge in [-0.25, -0.2) is 0 Å². The van der Waals surface area contributed by atoms with Gasteiger partial charge in [-0.15, -0.1) is 0 Å². The summed E-state index contributed by atoms with van der Waals surface area (Å²) in [5.41, 5.74) is 7.15. The first kappa shape index (κ1) is 10.0. The SMILES string of the molecule is Cc1[nH]nc(C(=O)NC2(C)CCC2)c1N. The highest BCUT2D eigenvalue weighted by Crippen LogP contribution is 2.31. The van der Waals surface area contributed by atoms with E-state index in [2.05, 4.69) is 15.5 Å². The third kappa shape index (κ3) is 1.69. The first-order valence-electron chi connectivity index (χ1n) is 5.15. The average molecular weight is 208 g/mol. The lowest BCUT2D eigenvalue weighted by atomic mass is 9.78. The van der Waals surface area contributed by atoms with E-state index in [4.69, 9.17) is 5.73 Å². The minimum absolute atomic E-state index is 0.0591. The van der Waals surface area contributed by atoms with Crippen LogP contribution in [0.25, 0.3) is 0 Å². The molecule has 5 nitrogen and oxygen atoms in total. The molecule has 15 heavy (non-hydrogen) atoms. The maximum atomic E-state index is 11.8. The molecule has 0 bridgehead atoms. The number of H-pyrrole nitrogens is 1. The molecule has 0 unspecified atom stereocenters. The molecule has 5 heteroatoms. The lowest BCUT2D eigenvalue weighted by Gasteiger charge is -2.38. The van der Waals surface area contributed by atoms with E-state index in [0.717, 1.165) is 18.5 Å². The number of aromatic nitrogens is 2. The van der Waals surface area contributed by atoms with Crippen LogP contribution < -0.4 is 11.1 Å². The fourth-order valence-corrected chi connectivity index (χ4v) is 1.78. The highest BCUT2D eigenvalue weighted by Gasteiger charge is 2.34. The van der Waals surface area contributed by atoms with Gasteiger partial charge in [0.25, 0.3) is 5.91 Å². The zero-order chi connectivity index (χ0) is 11.1. The average Bonchev–Trinajstić information content (AvgIpc) is 2.45. The molecule has 0 radical (unpaired) electrons. The van der Waals surface area contributed by atoms with E-state index >= 15 is 0 Å². The number of hydrogen-bond acceptors (Lipinski definition) is 3. The molecule has 1 saturated carbocycles. The Morgan fingerprint density at radius 1 is 1.60 bits per heavy atom. The molecule has 0 aliphatic heterocycles. The number of amides is 1. The van der Waals surface area contributed by atoms with Crippen molar-refractivity contribution in [2.75, 3.05) is 5.73 Å². The van der Waals surface area contributed by atoms with Gasteiger partial charge >= 0.3 is 0 Å². The van der Waals surface area contributed by atoms with Gasteiger partial charge < -0.3 is 11.1 Å². The van der Waals surface area contributed by atoms with E-state index in [9.17, 15) is 4.79 Å². The third-order valence-corrected chi connectivity index (χ3v) is 3.08. The second-order valence-electron chi connectivity index (χ2n) is 4.48. The number of carbonyl (C=O) groups excluding carboxylic acids is 1. The topological polar surface area (TPSA) is 83.8 Å². The summed E-state index contributed by atoms with van der Waals surface area (Å²) < 4.78 is 0. The standard InChI is InChI=1S/C10H16N4O/c1-6-7(11)8(14-13-6)9(15)12-10(2)4-3-5-10/h3-5,11H2,1-2H3,(H,12,15)(H,13,14). The van der Waals surface area contributed by atoms with Crippen LogP contribution in [0.4, 0.5) is 5.69 Å². The number of nitrogens with one attached hydrogen (secondary N) is 2. The van der Waals surface area contributed by atoms with Gasteiger partial charge in [0, 0.05) is 5.54 Å². The summed E-state index contributed by atoms with van der Waals surface area (Å²) in [7, 11) is 0. The van der Waals surface area contributed by atoms with E-state index in [0.29, 0.717) is 11.4 Å². The minimum Gasteiger partial charge on any atom is -0.395 e. The summed E-state index contributed by atoms with van der Waals surface area (Å²) in [4.78, 5) is 11.8. The summed E-state index contributed by atoms with van der Waals surface area (Å²) in [6, 6.07) is 0. The lowest BCUT2D eigenvalue weighted by molar-refractivity contribution is 0.0846. The Hall–Kier alpha value is -1.52. The van der Waals surface area contributed by atoms with Crippen molar-refractivity contribution >= 4 is 11.6 Å². The summed E-state index contributed by atoms with van der Waals surface area (Å²) in [5, 5.41) is 9.56. The molecular formula is C10H16N4O. The van der Waals surface area contributed by atoms with Crippen LogP contribution in [0, 0.1) is 6.92 Å². The van der Waals surface area contributed by atoms with Gasteiger partial charge in [-0.05, 0) is 33.1 Å². The fourth-order valence-electron chi connectivity index (χ4n) is 1.78. The van der Waals surface area contributed by atoms with Crippen LogP contribution >= 0.6 is 0 Å². The molecule has 0 saturated heterocycles. The maximum Gasteiger partial charge on any atom is 0.274 e. The summed E-state index contributed by atoms with van der Waals surface area (Å²) in [6.45, 7) is 3.84. The Morgan fingerprint density at radius 2 is 2.27 bits per heavy atom. The van der Waals surface area contributed by atoms with Gasteiger partial charge in [0.1, 0.15) is 0 Å². The summed E-state index contributed by atoms with van der Waals surface area (Å²) >= 11 is 0. The number of nitrogen functional groups attached to an aromatic ring is 1. The molecule has 82 valence electrons. The van der Waals surface area contributed by atoms with Gasteiger partial charge in [-0.2, -0.15) is 5.10 Å². The van der Waals surface area contributed by atoms with E-state index in [1.807, 2.05) is 6.92 Å². The number of nitrogens with two attached hydrogens (primary N) is 1. The minimum atomic E-state index is -0.181. The lowest BCUT2D eigenvalue weighted by Crippen LogP contribution is -2.51. The Kier molecular flexibility index (Phi) is 2.17. The predicted octanol–water partition coefficient (Wildman–Crippen LogP) is 0.973. The Labute approximate surface area is 88.4 Å². The van der Waals surface area contributed by atoms with E-state index in [1.165, 1.54) is 6.42 Å². The fraction of sp³-hybridized carbons (Fsp3) is 0.600. The highest BCUT2D eigenvalue weighted by molar-refractivity contribution is 5.98. The molecule has 1 aliphatic rings. The first-order chi connectivity index (χ1) is 7.02. The van der Waals surface area contributed by atoms with Gasteiger partial charge in [0.05, 0.1) is 11.4 Å². The number of nitrogens with zero attached hydrogens (tertiary/aromatic N) is 1. The van der Waals surface area contributed by atoms with Gasteiger partial charge in [-0.1, -0.05) is 0 Å². The highest BCUT2D eigenvalue weighted by atomic mass is 16.2. The molecule has 2 rings (SSSR count). The molecule has 1 aliphatic carbocycles. The molecule has 0 atom stereocenters. The number of aromatic amines is 1. The van der Waals surface area contributed by atoms with Crippen LogP contribution in [0.5, 0.6) is 0 Å². The molecule has 1 heterocycles. The second-order valence-corrected chi connectivity index (χ2v) is 4.48. The molecule has 1 amide bonds. The van der Waals surface area contributed by atoms with Crippen molar-refractivity contribution in [3.05, 3.63) is 11.4 Å². The van der Waals surface area contributed by atoms with Gasteiger partial charge in [-0.3, -0.25) is 9.89 Å². The monoisotopic (exact) mass is 208 g/mol. The molecule has 0 aromatic carbocycles. The third-order valence-electron chi connectivity index (χ3n) is 3.08. The van der Waals surface area contributed by atoms with Crippen LogP contribution in [-0.4, -0.2) is 21.6 Å². The van der Waals surface area contributed by atoms with Crippen LogP contribution in [0.1, 0.15) is 42.4 Å². The quantitative estimate of drug-likeness (QED) is 0.677. The predicted molar refractivity (Wildman–Crippen MR) is 57.5 cm³/mol. The van der Waals surface area contributed by atoms with Crippen molar-refractivity contribution in [1.82, 2.24) is 15.5 Å². The summed E-state index contributed by atoms with van der Waals surface area (Å²) in [5.74, 6) is -0.181. The summed E-state index contributed by atoms with van der Waals surface area (Å²) in [6.07, 6.45) is 3.23. The first-order valence-corrected chi connectivity index (χ1v) is 5.15. The Bertz CT molecular complexity index is 392. The smallest absolute Gasteiger partial charge is 0.274 e. The van der Waals surface area contributed by atoms with Crippen LogP contribution in [-0.2, 0) is 0 Å². The Morgan fingerprint density at radius 3 is 2.67 bits per heavy atom. The van der Waals surface area contributed by atoms with Gasteiger partial charge in [0.2, 0.25) is 0 Å². The molecule has 1 aromatic rings. The molecular weight excluding hydrogens is 192 g/mol. The maximum absolute atomic E-state index is 11.8. The molecule has 4 N–H and O–H groups in total. The van der Waals surface area contributed by atoms with Crippen molar-refractivity contribution in [3.63, 3.8) is 0 Å². The number of anilines is 1. The van der Waals surface area contributed by atoms with E-state index in [1.54, 1.807) is 6.92 Å². The van der Waals surface area contributed by atoms with Crippen molar-refractivity contribution in [3.8, 4) is 0 Å². The number of rotatable bonds is 2. The number of aryl methyl sites for hydroxylation is 1. The van der Waals surface area contributed by atoms with E-state index in [-0.39, 0.29) is 11.4 Å². The second kappa shape index (κ2) is 3.25. The molecule has 1 fully saturated rings. The Balaban J connectivity index is 2.11. The van der Waals surface area contributed by atoms with Crippen molar-refractivity contribution in [2.45, 2.75) is 38.6 Å². The van der Waals surface area contributed by atoms with Crippen molar-refractivity contribution in [2.24, 2.45) is 0 Å². The van der Waals surface area contributed by atoms with Crippen molar-refractivity contribution in [1.29, 1.82) is 0 Å². The van der Waals surface area contributed by atoms with Crippen LogP contribution in [0.3, 0.4) is 0 Å². The number of carbonyl (C=O) groups is 1. The molecule has 0 spiro atoms. The van der Waals surface area contributed by atoms with E-state index < -0.39 is 0 Å². The molecule has 1 aromatic heterocycles.